The monoisotopic (exact) mass is 276 g/mol. The van der Waals surface area contributed by atoms with Gasteiger partial charge in [0.15, 0.2) is 17.6 Å². The topological polar surface area (TPSA) is 71.5 Å². The minimum atomic E-state index is -1.21. The highest BCUT2D eigenvalue weighted by molar-refractivity contribution is 7.13. The van der Waals surface area contributed by atoms with Gasteiger partial charge in [-0.3, -0.25) is 0 Å². The molecule has 19 heavy (non-hydrogen) atoms. The molecule has 0 N–H and O–H groups in total. The Morgan fingerprint density at radius 1 is 1.42 bits per heavy atom. The number of para-hydroxylation sites is 2. The number of fused-ring (bicyclic) bond motifs is 1. The number of carboxylic acid groups (broad SMARTS) is 1. The quantitative estimate of drug-likeness (QED) is 0.827. The van der Waals surface area contributed by atoms with Gasteiger partial charge in [-0.25, -0.2) is 4.98 Å². The third kappa shape index (κ3) is 2.15. The summed E-state index contributed by atoms with van der Waals surface area (Å²) in [5.41, 5.74) is 0.447. The molecular formula is C13H10NO4S-. The molecule has 0 saturated heterocycles. The van der Waals surface area contributed by atoms with Crippen molar-refractivity contribution < 1.29 is 19.4 Å². The highest BCUT2D eigenvalue weighted by atomic mass is 32.1. The Morgan fingerprint density at radius 3 is 2.84 bits per heavy atom. The lowest BCUT2D eigenvalue weighted by Gasteiger charge is -2.24. The molecule has 1 aromatic carbocycles. The van der Waals surface area contributed by atoms with Gasteiger partial charge in [-0.15, -0.1) is 11.3 Å². The number of carbonyl (C=O) groups excluding carboxylic acids is 1. The maximum Gasteiger partial charge on any atom is 0.184 e. The molecule has 5 nitrogen and oxygen atoms in total. The molecule has 3 rings (SSSR count). The van der Waals surface area contributed by atoms with Gasteiger partial charge in [-0.2, -0.15) is 0 Å². The van der Waals surface area contributed by atoms with Gasteiger partial charge in [0, 0.05) is 0 Å². The number of hydrogen-bond acceptors (Lipinski definition) is 6. The van der Waals surface area contributed by atoms with Gasteiger partial charge in [-0.05, 0) is 19.1 Å². The molecule has 0 aliphatic carbocycles. The SMILES string of the molecule is Cc1nc([C@@H]2COc3ccccc3O2)sc1C(=O)[O-]. The molecule has 0 bridgehead atoms. The van der Waals surface area contributed by atoms with Crippen molar-refractivity contribution in [1.82, 2.24) is 4.98 Å². The lowest BCUT2D eigenvalue weighted by atomic mass is 10.2. The molecule has 98 valence electrons. The van der Waals surface area contributed by atoms with E-state index in [1.165, 1.54) is 0 Å². The summed E-state index contributed by atoms with van der Waals surface area (Å²) in [6, 6.07) is 7.35. The fourth-order valence-electron chi connectivity index (χ4n) is 1.89. The molecular weight excluding hydrogens is 266 g/mol. The van der Waals surface area contributed by atoms with Gasteiger partial charge in [-0.1, -0.05) is 12.1 Å². The van der Waals surface area contributed by atoms with Crippen LogP contribution in [-0.4, -0.2) is 17.6 Å². The van der Waals surface area contributed by atoms with E-state index in [2.05, 4.69) is 4.98 Å². The van der Waals surface area contributed by atoms with Crippen molar-refractivity contribution in [2.24, 2.45) is 0 Å². The predicted octanol–water partition coefficient (Wildman–Crippen LogP) is 1.33. The maximum absolute atomic E-state index is 10.9. The summed E-state index contributed by atoms with van der Waals surface area (Å²) in [5, 5.41) is 11.5. The van der Waals surface area contributed by atoms with Gasteiger partial charge in [0.1, 0.15) is 11.6 Å². The zero-order chi connectivity index (χ0) is 13.4. The standard InChI is InChI=1S/C13H11NO4S/c1-7-11(13(15)16)19-12(14-7)10-6-17-8-4-2-3-5-9(8)18-10/h2-5,10H,6H2,1H3,(H,15,16)/p-1/t10-/m0/s1. The van der Waals surface area contributed by atoms with Crippen molar-refractivity contribution in [2.45, 2.75) is 13.0 Å². The highest BCUT2D eigenvalue weighted by Gasteiger charge is 2.26. The van der Waals surface area contributed by atoms with E-state index < -0.39 is 5.97 Å². The lowest BCUT2D eigenvalue weighted by Crippen LogP contribution is -2.22. The molecule has 0 saturated carbocycles. The first-order valence-electron chi connectivity index (χ1n) is 5.72. The largest absolute Gasteiger partial charge is 0.544 e. The summed E-state index contributed by atoms with van der Waals surface area (Å²) >= 11 is 1.07. The minimum Gasteiger partial charge on any atom is -0.544 e. The van der Waals surface area contributed by atoms with Crippen LogP contribution in [0.3, 0.4) is 0 Å². The van der Waals surface area contributed by atoms with E-state index in [4.69, 9.17) is 9.47 Å². The highest BCUT2D eigenvalue weighted by Crippen LogP contribution is 2.37. The van der Waals surface area contributed by atoms with Gasteiger partial charge in [0.2, 0.25) is 0 Å². The number of carbonyl (C=O) groups is 1. The van der Waals surface area contributed by atoms with Crippen LogP contribution in [-0.2, 0) is 0 Å². The van der Waals surface area contributed by atoms with E-state index in [0.29, 0.717) is 28.8 Å². The van der Waals surface area contributed by atoms with Gasteiger partial charge >= 0.3 is 0 Å². The summed E-state index contributed by atoms with van der Waals surface area (Å²) < 4.78 is 11.4. The number of aryl methyl sites for hydroxylation is 1. The number of ether oxygens (including phenoxy) is 2. The summed E-state index contributed by atoms with van der Waals surface area (Å²) in [5.74, 6) is 0.118. The van der Waals surface area contributed by atoms with Crippen molar-refractivity contribution in [3.63, 3.8) is 0 Å². The zero-order valence-corrected chi connectivity index (χ0v) is 10.9. The van der Waals surface area contributed by atoms with Crippen LogP contribution >= 0.6 is 11.3 Å². The summed E-state index contributed by atoms with van der Waals surface area (Å²) in [4.78, 5) is 15.3. The van der Waals surface area contributed by atoms with Crippen LogP contribution in [0.4, 0.5) is 0 Å². The number of aromatic carboxylic acids is 1. The molecule has 1 atom stereocenters. The second-order valence-electron chi connectivity index (χ2n) is 4.12. The zero-order valence-electron chi connectivity index (χ0n) is 10.1. The van der Waals surface area contributed by atoms with Crippen LogP contribution in [0.2, 0.25) is 0 Å². The summed E-state index contributed by atoms with van der Waals surface area (Å²) in [7, 11) is 0. The molecule has 2 aromatic rings. The molecule has 6 heteroatoms. The van der Waals surface area contributed by atoms with E-state index >= 15 is 0 Å². The molecule has 0 fully saturated rings. The molecule has 0 radical (unpaired) electrons. The van der Waals surface area contributed by atoms with E-state index in [1.807, 2.05) is 24.3 Å². The van der Waals surface area contributed by atoms with Crippen molar-refractivity contribution in [1.29, 1.82) is 0 Å². The molecule has 0 unspecified atom stereocenters. The maximum atomic E-state index is 10.9. The summed E-state index contributed by atoms with van der Waals surface area (Å²) in [6.45, 7) is 1.96. The van der Waals surface area contributed by atoms with Crippen LogP contribution in [0, 0.1) is 6.92 Å². The fourth-order valence-corrected chi connectivity index (χ4v) is 2.80. The third-order valence-electron chi connectivity index (χ3n) is 2.78. The Kier molecular flexibility index (Phi) is 2.87. The smallest absolute Gasteiger partial charge is 0.184 e. The first-order chi connectivity index (χ1) is 9.15. The van der Waals surface area contributed by atoms with E-state index in [1.54, 1.807) is 6.92 Å². The van der Waals surface area contributed by atoms with Crippen molar-refractivity contribution >= 4 is 17.3 Å². The van der Waals surface area contributed by atoms with Gasteiger partial charge in [0.25, 0.3) is 0 Å². The van der Waals surface area contributed by atoms with Gasteiger partial charge in [0.05, 0.1) is 16.5 Å². The number of nitrogens with zero attached hydrogens (tertiary/aromatic N) is 1. The number of thiazole rings is 1. The van der Waals surface area contributed by atoms with E-state index in [-0.39, 0.29) is 11.0 Å². The second kappa shape index (κ2) is 4.55. The Balaban J connectivity index is 1.89. The van der Waals surface area contributed by atoms with Gasteiger partial charge < -0.3 is 19.4 Å². The van der Waals surface area contributed by atoms with Crippen LogP contribution in [0.25, 0.3) is 0 Å². The molecule has 1 aliphatic heterocycles. The molecule has 0 spiro atoms. The van der Waals surface area contributed by atoms with E-state index in [9.17, 15) is 9.90 Å². The van der Waals surface area contributed by atoms with Crippen LogP contribution < -0.4 is 14.6 Å². The van der Waals surface area contributed by atoms with Crippen LogP contribution in [0.1, 0.15) is 26.5 Å². The number of benzene rings is 1. The number of aromatic nitrogens is 1. The number of carboxylic acids is 1. The van der Waals surface area contributed by atoms with Crippen molar-refractivity contribution in [2.75, 3.05) is 6.61 Å². The Morgan fingerprint density at radius 2 is 2.16 bits per heavy atom. The Labute approximate surface area is 113 Å². The second-order valence-corrected chi connectivity index (χ2v) is 5.15. The lowest BCUT2D eigenvalue weighted by molar-refractivity contribution is -0.254. The predicted molar refractivity (Wildman–Crippen MR) is 66.5 cm³/mol. The van der Waals surface area contributed by atoms with Crippen LogP contribution in [0.15, 0.2) is 24.3 Å². The van der Waals surface area contributed by atoms with Crippen molar-refractivity contribution in [3.8, 4) is 11.5 Å². The normalized spacial score (nSPS) is 17.2. The number of hydrogen-bond donors (Lipinski definition) is 0. The first-order valence-corrected chi connectivity index (χ1v) is 6.54. The Bertz CT molecular complexity index is 637. The average Bonchev–Trinajstić information content (AvgIpc) is 2.80. The van der Waals surface area contributed by atoms with Crippen LogP contribution in [0.5, 0.6) is 11.5 Å². The first kappa shape index (κ1) is 12.0. The average molecular weight is 276 g/mol. The fraction of sp³-hybridized carbons (Fsp3) is 0.231. The third-order valence-corrected chi connectivity index (χ3v) is 4.01. The van der Waals surface area contributed by atoms with E-state index in [0.717, 1.165) is 11.3 Å². The Hall–Kier alpha value is -2.08. The molecule has 1 aromatic heterocycles. The number of rotatable bonds is 2. The molecule has 1 aliphatic rings. The van der Waals surface area contributed by atoms with Crippen molar-refractivity contribution in [3.05, 3.63) is 39.8 Å². The summed E-state index contributed by atoms with van der Waals surface area (Å²) in [6.07, 6.45) is -0.383. The molecule has 2 heterocycles. The minimum absolute atomic E-state index is 0.137. The molecule has 0 amide bonds.